The smallest absolute Gasteiger partial charge is 0.500 e. The number of hydrogen-bond donors (Lipinski definition) is 0. The third kappa shape index (κ3) is 9.43. The summed E-state index contributed by atoms with van der Waals surface area (Å²) in [6, 6.07) is 41.0. The van der Waals surface area contributed by atoms with Crippen LogP contribution in [0.25, 0.3) is 55.7 Å². The van der Waals surface area contributed by atoms with Gasteiger partial charge in [-0.15, -0.1) is 90.0 Å². The summed E-state index contributed by atoms with van der Waals surface area (Å²) in [6.45, 7) is 5.03. The van der Waals surface area contributed by atoms with Gasteiger partial charge in [-0.05, 0) is 140 Å². The molecule has 0 saturated heterocycles. The van der Waals surface area contributed by atoms with E-state index in [9.17, 15) is 21.7 Å². The Bertz CT molecular complexity index is 3670. The third-order valence-corrected chi connectivity index (χ3v) is 12.1. The standard InChI is InChI=1S/C60H51N4O.Ir/c1-39-29-56(46-15-6-4-7-16-46)62-36-49(39)24-21-42-31-43(22-25-50-37-63-57(30-40(50)2)47-17-8-5-9-18-47)33-44(32-42)23-26-51-38-64-58(34-55(51)45-13-10-11-14-45)54-20-12-19-52-53-28-27-48(35-61)41(3)59(53)65-60(52)54;/h4-9,12,15,17,19,27-34,36-38,45H,10-11,13-14,21-26H2,1-3H3;/q-3;+3/i21D2,22D2,23D2,24D2,25D2,26D2;. The molecule has 6 heteroatoms. The molecule has 0 amide bonds. The fourth-order valence-electron chi connectivity index (χ4n) is 8.57. The minimum absolute atomic E-state index is 0. The molecule has 1 aliphatic carbocycles. The molecule has 4 heterocycles. The van der Waals surface area contributed by atoms with Crippen molar-refractivity contribution in [1.82, 2.24) is 15.0 Å². The molecular weight excluding hydrogens is 985 g/mol. The molecule has 5 nitrogen and oxygen atoms in total. The van der Waals surface area contributed by atoms with E-state index in [0.29, 0.717) is 85.6 Å². The Morgan fingerprint density at radius 2 is 1.15 bits per heavy atom. The molecule has 66 heavy (non-hydrogen) atoms. The van der Waals surface area contributed by atoms with Gasteiger partial charge in [0.2, 0.25) is 0 Å². The average Bonchev–Trinajstić information content (AvgIpc) is 4.23. The molecule has 1 fully saturated rings. The van der Waals surface area contributed by atoms with Crippen LogP contribution in [0, 0.1) is 50.3 Å². The molecule has 0 N–H and O–H groups in total. The quantitative estimate of drug-likeness (QED) is 0.108. The van der Waals surface area contributed by atoms with Crippen molar-refractivity contribution >= 4 is 21.9 Å². The number of hydrogen-bond acceptors (Lipinski definition) is 5. The normalized spacial score (nSPS) is 16.7. The van der Waals surface area contributed by atoms with Gasteiger partial charge in [0.25, 0.3) is 0 Å². The minimum Gasteiger partial charge on any atom is -0.500 e. The molecule has 1 aliphatic rings. The molecule has 0 bridgehead atoms. The summed E-state index contributed by atoms with van der Waals surface area (Å²) in [5.74, 6) is -0.219. The van der Waals surface area contributed by atoms with Gasteiger partial charge in [-0.3, -0.25) is 0 Å². The zero-order valence-corrected chi connectivity index (χ0v) is 39.0. The SMILES string of the molecule is [2H]C([2H])(c1cc(C([2H])([2H])C([2H])([2H])c2cnc(-c3[c-]cccc3)cc2C)cc(C([2H])([2H])C([2H])([2H])c2cnc(-c3[c-]ccc4c3oc3c(C)c(C#N)ccc34)cc2C2CCCC2)c1)C([2H])([2H])c1cnc(-c2[c-]cccc2)cc1C.[Ir+3]. The number of pyridine rings is 3. The van der Waals surface area contributed by atoms with Crippen LogP contribution in [-0.4, -0.2) is 15.0 Å². The van der Waals surface area contributed by atoms with Crippen LogP contribution < -0.4 is 0 Å². The summed E-state index contributed by atoms with van der Waals surface area (Å²) in [4.78, 5) is 13.7. The first-order valence-corrected chi connectivity index (χ1v) is 21.7. The van der Waals surface area contributed by atoms with E-state index in [1.54, 1.807) is 92.7 Å². The molecule has 0 radical (unpaired) electrons. The van der Waals surface area contributed by atoms with Gasteiger partial charge >= 0.3 is 20.1 Å². The largest absolute Gasteiger partial charge is 3.00 e. The minimum atomic E-state index is -3.14. The van der Waals surface area contributed by atoms with Crippen molar-refractivity contribution in [2.45, 2.75) is 90.6 Å². The summed E-state index contributed by atoms with van der Waals surface area (Å²) in [5.41, 5.74) is 4.28. The Balaban J connectivity index is 0.00000740. The number of fused-ring (bicyclic) bond motifs is 3. The van der Waals surface area contributed by atoms with Gasteiger partial charge in [-0.25, -0.2) is 0 Å². The van der Waals surface area contributed by atoms with E-state index in [2.05, 4.69) is 34.2 Å². The van der Waals surface area contributed by atoms with Crippen molar-refractivity contribution in [3.8, 4) is 39.8 Å². The number of furan rings is 1. The summed E-state index contributed by atoms with van der Waals surface area (Å²) in [6.07, 6.45) is -11.4. The maximum atomic E-state index is 9.90. The Labute approximate surface area is 419 Å². The van der Waals surface area contributed by atoms with Crippen LogP contribution in [0.15, 0.2) is 132 Å². The van der Waals surface area contributed by atoms with E-state index in [4.69, 9.17) is 9.40 Å². The number of nitrogens with zero attached hydrogens (tertiary/aromatic N) is 4. The molecule has 9 aromatic rings. The monoisotopic (exact) mass is 1050 g/mol. The van der Waals surface area contributed by atoms with Crippen LogP contribution in [0.4, 0.5) is 0 Å². The Kier molecular flexibility index (Phi) is 9.73. The Morgan fingerprint density at radius 3 is 1.70 bits per heavy atom. The zero-order valence-electron chi connectivity index (χ0n) is 48.6. The fraction of sp³-hybridized carbons (Fsp3) is 0.233. The maximum Gasteiger partial charge on any atom is 3.00 e. The van der Waals surface area contributed by atoms with Crippen LogP contribution in [0.3, 0.4) is 0 Å². The van der Waals surface area contributed by atoms with Crippen molar-refractivity contribution in [1.29, 1.82) is 5.26 Å². The van der Waals surface area contributed by atoms with Gasteiger partial charge in [0.1, 0.15) is 5.58 Å². The predicted octanol–water partition coefficient (Wildman–Crippen LogP) is 14.0. The first kappa shape index (κ1) is 32.2. The second-order valence-corrected chi connectivity index (χ2v) is 16.4. The first-order chi connectivity index (χ1) is 36.4. The number of rotatable bonds is 13. The van der Waals surface area contributed by atoms with Gasteiger partial charge in [0.15, 0.2) is 0 Å². The van der Waals surface area contributed by atoms with Crippen LogP contribution in [-0.2, 0) is 58.3 Å². The van der Waals surface area contributed by atoms with Crippen molar-refractivity contribution in [3.05, 3.63) is 207 Å². The van der Waals surface area contributed by atoms with Crippen LogP contribution >= 0.6 is 0 Å². The Hall–Kier alpha value is -6.51. The summed E-state index contributed by atoms with van der Waals surface area (Å²) < 4.78 is 123. The molecule has 326 valence electrons. The van der Waals surface area contributed by atoms with E-state index in [1.807, 2.05) is 19.1 Å². The van der Waals surface area contributed by atoms with Gasteiger partial charge < -0.3 is 19.4 Å². The second-order valence-electron chi connectivity index (χ2n) is 16.4. The van der Waals surface area contributed by atoms with Crippen molar-refractivity contribution < 1.29 is 41.0 Å². The molecule has 0 spiro atoms. The van der Waals surface area contributed by atoms with E-state index in [1.165, 1.54) is 18.6 Å². The van der Waals surface area contributed by atoms with E-state index in [0.717, 1.165) is 41.8 Å². The topological polar surface area (TPSA) is 75.6 Å². The van der Waals surface area contributed by atoms with E-state index >= 15 is 0 Å². The maximum absolute atomic E-state index is 9.90. The molecule has 4 aromatic heterocycles. The van der Waals surface area contributed by atoms with Crippen molar-refractivity contribution in [3.63, 3.8) is 0 Å². The molecule has 0 atom stereocenters. The molecular formula is C60H51IrN4O. The zero-order chi connectivity index (χ0) is 55.0. The van der Waals surface area contributed by atoms with E-state index in [-0.39, 0.29) is 42.7 Å². The van der Waals surface area contributed by atoms with Crippen LogP contribution in [0.5, 0.6) is 0 Å². The third-order valence-electron chi connectivity index (χ3n) is 12.1. The van der Waals surface area contributed by atoms with Gasteiger partial charge in [0, 0.05) is 46.0 Å². The number of aromatic nitrogens is 3. The number of nitriles is 1. The molecule has 0 unspecified atom stereocenters. The molecule has 5 aromatic carbocycles. The molecule has 1 saturated carbocycles. The van der Waals surface area contributed by atoms with Gasteiger partial charge in [-0.1, -0.05) is 77.4 Å². The summed E-state index contributed by atoms with van der Waals surface area (Å²) >= 11 is 0. The van der Waals surface area contributed by atoms with Gasteiger partial charge in [-0.2, -0.15) is 5.26 Å². The van der Waals surface area contributed by atoms with Crippen LogP contribution in [0.2, 0.25) is 0 Å². The summed E-state index contributed by atoms with van der Waals surface area (Å²) in [5, 5.41) is 11.3. The first-order valence-electron chi connectivity index (χ1n) is 27.7. The Morgan fingerprint density at radius 1 is 0.606 bits per heavy atom. The van der Waals surface area contributed by atoms with Gasteiger partial charge in [0.05, 0.1) is 17.2 Å². The number of benzene rings is 5. The number of aryl methyl sites for hydroxylation is 9. The predicted molar refractivity (Wildman–Crippen MR) is 262 cm³/mol. The van der Waals surface area contributed by atoms with Crippen molar-refractivity contribution in [2.24, 2.45) is 0 Å². The van der Waals surface area contributed by atoms with E-state index < -0.39 is 54.9 Å². The van der Waals surface area contributed by atoms with Crippen LogP contribution in [0.1, 0.15) is 109 Å². The van der Waals surface area contributed by atoms with Crippen molar-refractivity contribution in [2.75, 3.05) is 0 Å². The second kappa shape index (κ2) is 19.9. The molecule has 10 rings (SSSR count). The summed E-state index contributed by atoms with van der Waals surface area (Å²) in [7, 11) is 0. The fourth-order valence-corrected chi connectivity index (χ4v) is 8.57. The average molecular weight is 1050 g/mol. The molecule has 0 aliphatic heterocycles.